The zero-order valence-electron chi connectivity index (χ0n) is 14.0. The molecule has 0 unspecified atom stereocenters. The minimum atomic E-state index is -0.405. The summed E-state index contributed by atoms with van der Waals surface area (Å²) in [5, 5.41) is 5.98. The number of hydrogen-bond acceptors (Lipinski definition) is 5. The molecule has 0 atom stereocenters. The maximum atomic E-state index is 12.2. The van der Waals surface area contributed by atoms with Crippen molar-refractivity contribution in [3.8, 4) is 0 Å². The van der Waals surface area contributed by atoms with Gasteiger partial charge in [-0.05, 0) is 55.3 Å². The summed E-state index contributed by atoms with van der Waals surface area (Å²) in [6, 6.07) is 10.5. The van der Waals surface area contributed by atoms with Crippen LogP contribution in [0, 0.1) is 13.8 Å². The number of carbonyl (C=O) groups is 2. The number of thiazole rings is 1. The van der Waals surface area contributed by atoms with Crippen LogP contribution in [-0.4, -0.2) is 24.1 Å². The van der Waals surface area contributed by atoms with Crippen LogP contribution in [0.15, 0.2) is 36.4 Å². The number of benzene rings is 2. The molecular formula is C18H17N3O3S. The molecule has 1 heterocycles. The van der Waals surface area contributed by atoms with E-state index < -0.39 is 5.97 Å². The van der Waals surface area contributed by atoms with Gasteiger partial charge in [0.1, 0.15) is 0 Å². The van der Waals surface area contributed by atoms with Crippen LogP contribution in [0.25, 0.3) is 10.2 Å². The number of hydrogen-bond donors (Lipinski definition) is 2. The Hall–Kier alpha value is -2.93. The maximum absolute atomic E-state index is 12.2. The van der Waals surface area contributed by atoms with Crippen LogP contribution in [0.1, 0.15) is 21.5 Å². The largest absolute Gasteiger partial charge is 0.465 e. The molecule has 128 valence electrons. The van der Waals surface area contributed by atoms with E-state index in [-0.39, 0.29) is 6.03 Å². The van der Waals surface area contributed by atoms with Crippen molar-refractivity contribution >= 4 is 44.4 Å². The average molecular weight is 355 g/mol. The standard InChI is InChI=1S/C18H17N3O3S/c1-10-6-11(2)8-13(7-10)19-17(23)21-18-20-14-5-4-12(16(22)24-3)9-15(14)25-18/h4-9H,1-3H3,(H2,19,20,21,23). The molecule has 2 aromatic carbocycles. The Morgan fingerprint density at radius 2 is 1.76 bits per heavy atom. The lowest BCUT2D eigenvalue weighted by molar-refractivity contribution is 0.0601. The van der Waals surface area contributed by atoms with E-state index in [1.54, 1.807) is 18.2 Å². The van der Waals surface area contributed by atoms with Gasteiger partial charge in [-0.1, -0.05) is 17.4 Å². The molecule has 0 radical (unpaired) electrons. The number of anilines is 2. The van der Waals surface area contributed by atoms with Crippen LogP contribution in [0.4, 0.5) is 15.6 Å². The summed E-state index contributed by atoms with van der Waals surface area (Å²) < 4.78 is 5.50. The Labute approximate surface area is 148 Å². The van der Waals surface area contributed by atoms with Gasteiger partial charge in [-0.2, -0.15) is 0 Å². The lowest BCUT2D eigenvalue weighted by atomic mass is 10.1. The number of nitrogens with zero attached hydrogens (tertiary/aromatic N) is 1. The summed E-state index contributed by atoms with van der Waals surface area (Å²) >= 11 is 1.29. The number of aryl methyl sites for hydroxylation is 2. The number of amides is 2. The van der Waals surface area contributed by atoms with Gasteiger partial charge in [0.25, 0.3) is 0 Å². The van der Waals surface area contributed by atoms with E-state index >= 15 is 0 Å². The van der Waals surface area contributed by atoms with Crippen molar-refractivity contribution in [2.45, 2.75) is 13.8 Å². The van der Waals surface area contributed by atoms with E-state index in [4.69, 9.17) is 4.74 Å². The summed E-state index contributed by atoms with van der Waals surface area (Å²) in [7, 11) is 1.34. The van der Waals surface area contributed by atoms with E-state index in [0.717, 1.165) is 21.5 Å². The highest BCUT2D eigenvalue weighted by Crippen LogP contribution is 2.27. The maximum Gasteiger partial charge on any atom is 0.337 e. The number of nitrogens with one attached hydrogen (secondary N) is 2. The summed E-state index contributed by atoms with van der Waals surface area (Å²) in [5.41, 5.74) is 4.03. The van der Waals surface area contributed by atoms with Crippen molar-refractivity contribution in [3.05, 3.63) is 53.1 Å². The van der Waals surface area contributed by atoms with Crippen molar-refractivity contribution in [1.29, 1.82) is 0 Å². The molecule has 3 aromatic rings. The molecule has 0 aliphatic rings. The van der Waals surface area contributed by atoms with Crippen molar-refractivity contribution in [3.63, 3.8) is 0 Å². The second-order valence-electron chi connectivity index (χ2n) is 5.65. The Morgan fingerprint density at radius 3 is 2.44 bits per heavy atom. The smallest absolute Gasteiger partial charge is 0.337 e. The number of methoxy groups -OCH3 is 1. The first-order valence-corrected chi connectivity index (χ1v) is 8.41. The molecule has 0 fully saturated rings. The molecule has 1 aromatic heterocycles. The van der Waals surface area contributed by atoms with Gasteiger partial charge in [-0.3, -0.25) is 5.32 Å². The molecule has 0 spiro atoms. The van der Waals surface area contributed by atoms with E-state index in [1.807, 2.05) is 32.0 Å². The van der Waals surface area contributed by atoms with Gasteiger partial charge in [0.15, 0.2) is 5.13 Å². The molecule has 6 nitrogen and oxygen atoms in total. The van der Waals surface area contributed by atoms with Crippen molar-refractivity contribution < 1.29 is 14.3 Å². The molecule has 0 saturated heterocycles. The van der Waals surface area contributed by atoms with Gasteiger partial charge >= 0.3 is 12.0 Å². The molecule has 2 amide bonds. The van der Waals surface area contributed by atoms with Gasteiger partial charge in [-0.25, -0.2) is 14.6 Å². The quantitative estimate of drug-likeness (QED) is 0.685. The summed E-state index contributed by atoms with van der Waals surface area (Å²) in [4.78, 5) is 28.1. The third-order valence-corrected chi connectivity index (χ3v) is 4.44. The zero-order valence-corrected chi connectivity index (χ0v) is 14.9. The fourth-order valence-electron chi connectivity index (χ4n) is 2.53. The number of fused-ring (bicyclic) bond motifs is 1. The molecule has 0 aliphatic carbocycles. The first-order valence-electron chi connectivity index (χ1n) is 7.60. The predicted molar refractivity (Wildman–Crippen MR) is 99.5 cm³/mol. The highest BCUT2D eigenvalue weighted by atomic mass is 32.1. The van der Waals surface area contributed by atoms with Gasteiger partial charge in [0, 0.05) is 5.69 Å². The van der Waals surface area contributed by atoms with Crippen LogP contribution in [0.3, 0.4) is 0 Å². The van der Waals surface area contributed by atoms with Crippen LogP contribution in [-0.2, 0) is 4.74 Å². The Bertz CT molecular complexity index is 945. The van der Waals surface area contributed by atoms with E-state index in [2.05, 4.69) is 15.6 Å². The third kappa shape index (κ3) is 3.95. The molecule has 0 aliphatic heterocycles. The minimum absolute atomic E-state index is 0.364. The zero-order chi connectivity index (χ0) is 18.0. The number of aromatic nitrogens is 1. The van der Waals surface area contributed by atoms with Gasteiger partial charge in [-0.15, -0.1) is 0 Å². The minimum Gasteiger partial charge on any atom is -0.465 e. The van der Waals surface area contributed by atoms with Crippen LogP contribution in [0.5, 0.6) is 0 Å². The first-order chi connectivity index (χ1) is 11.9. The van der Waals surface area contributed by atoms with Gasteiger partial charge in [0.05, 0.1) is 22.9 Å². The fraction of sp³-hybridized carbons (Fsp3) is 0.167. The lowest BCUT2D eigenvalue weighted by Crippen LogP contribution is -2.19. The highest BCUT2D eigenvalue weighted by Gasteiger charge is 2.11. The van der Waals surface area contributed by atoms with Gasteiger partial charge in [0.2, 0.25) is 0 Å². The summed E-state index contributed by atoms with van der Waals surface area (Å²) in [5.74, 6) is -0.405. The van der Waals surface area contributed by atoms with Crippen LogP contribution >= 0.6 is 11.3 Å². The van der Waals surface area contributed by atoms with Crippen LogP contribution < -0.4 is 10.6 Å². The number of rotatable bonds is 3. The van der Waals surface area contributed by atoms with E-state index in [0.29, 0.717) is 16.2 Å². The number of carbonyl (C=O) groups excluding carboxylic acids is 2. The SMILES string of the molecule is COC(=O)c1ccc2nc(NC(=O)Nc3cc(C)cc(C)c3)sc2c1. The second-order valence-corrected chi connectivity index (χ2v) is 6.68. The van der Waals surface area contributed by atoms with Crippen molar-refractivity contribution in [2.75, 3.05) is 17.7 Å². The molecule has 0 saturated carbocycles. The van der Waals surface area contributed by atoms with Crippen molar-refractivity contribution in [1.82, 2.24) is 4.98 Å². The van der Waals surface area contributed by atoms with E-state index in [1.165, 1.54) is 18.4 Å². The van der Waals surface area contributed by atoms with Gasteiger partial charge < -0.3 is 10.1 Å². The Morgan fingerprint density at radius 1 is 1.04 bits per heavy atom. The third-order valence-electron chi connectivity index (χ3n) is 3.51. The molecule has 2 N–H and O–H groups in total. The number of urea groups is 1. The Balaban J connectivity index is 1.75. The molecule has 0 bridgehead atoms. The monoisotopic (exact) mass is 355 g/mol. The van der Waals surface area contributed by atoms with E-state index in [9.17, 15) is 9.59 Å². The number of esters is 1. The predicted octanol–water partition coefficient (Wildman–Crippen LogP) is 4.34. The molecule has 25 heavy (non-hydrogen) atoms. The fourth-order valence-corrected chi connectivity index (χ4v) is 3.43. The average Bonchev–Trinajstić information content (AvgIpc) is 2.93. The summed E-state index contributed by atoms with van der Waals surface area (Å²) in [6.07, 6.45) is 0. The molecule has 3 rings (SSSR count). The number of ether oxygens (including phenoxy) is 1. The van der Waals surface area contributed by atoms with Crippen molar-refractivity contribution in [2.24, 2.45) is 0 Å². The normalized spacial score (nSPS) is 10.5. The highest BCUT2D eigenvalue weighted by molar-refractivity contribution is 7.22. The first kappa shape index (κ1) is 16.9. The second kappa shape index (κ2) is 6.90. The van der Waals surface area contributed by atoms with Crippen LogP contribution in [0.2, 0.25) is 0 Å². The summed E-state index contributed by atoms with van der Waals surface area (Å²) in [6.45, 7) is 3.95. The molecule has 7 heteroatoms. The topological polar surface area (TPSA) is 80.3 Å². The Kier molecular flexibility index (Phi) is 4.67. The lowest BCUT2D eigenvalue weighted by Gasteiger charge is -2.07. The molecular weight excluding hydrogens is 338 g/mol.